The SMILES string of the molecule is O=[N+](O)c1ccccc1.[CaH2]. The van der Waals surface area contributed by atoms with Crippen molar-refractivity contribution in [3.63, 3.8) is 0 Å². The van der Waals surface area contributed by atoms with Gasteiger partial charge in [0.25, 0.3) is 4.92 Å². The Kier molecular flexibility index (Phi) is 4.60. The summed E-state index contributed by atoms with van der Waals surface area (Å²) in [5.74, 6) is 0. The van der Waals surface area contributed by atoms with E-state index < -0.39 is 0 Å². The van der Waals surface area contributed by atoms with Crippen LogP contribution >= 0.6 is 0 Å². The zero-order valence-corrected chi connectivity index (χ0v) is 4.69. The first-order chi connectivity index (χ1) is 4.30. The van der Waals surface area contributed by atoms with Crippen molar-refractivity contribution in [2.75, 3.05) is 0 Å². The van der Waals surface area contributed by atoms with Gasteiger partial charge >= 0.3 is 43.4 Å². The van der Waals surface area contributed by atoms with Gasteiger partial charge in [-0.15, -0.1) is 0 Å². The van der Waals surface area contributed by atoms with Crippen molar-refractivity contribution in [2.45, 2.75) is 0 Å². The Bertz CT molecular complexity index is 212. The van der Waals surface area contributed by atoms with Crippen LogP contribution in [0.25, 0.3) is 0 Å². The molecule has 1 aromatic rings. The van der Waals surface area contributed by atoms with Gasteiger partial charge in [0.15, 0.2) is 0 Å². The van der Waals surface area contributed by atoms with Crippen LogP contribution in [0.15, 0.2) is 30.3 Å². The summed E-state index contributed by atoms with van der Waals surface area (Å²) < 4.78 is 0. The van der Waals surface area contributed by atoms with Gasteiger partial charge in [-0.05, 0) is 0 Å². The summed E-state index contributed by atoms with van der Waals surface area (Å²) >= 11 is 0. The minimum atomic E-state index is -0.167. The zero-order valence-electron chi connectivity index (χ0n) is 4.69. The summed E-state index contributed by atoms with van der Waals surface area (Å²) in [5, 5.41) is 8.30. The molecular weight excluding hydrogens is 158 g/mol. The van der Waals surface area contributed by atoms with Crippen LogP contribution in [-0.4, -0.2) is 47.9 Å². The fourth-order valence-corrected chi connectivity index (χ4v) is 0.556. The number of rotatable bonds is 1. The molecule has 0 aliphatic carbocycles. The number of hydrogen-bond donors (Lipinski definition) is 1. The molecular formula is C6H8CaNO2+. The third kappa shape index (κ3) is 2.64. The Morgan fingerprint density at radius 3 is 2.00 bits per heavy atom. The van der Waals surface area contributed by atoms with E-state index in [2.05, 4.69) is 0 Å². The summed E-state index contributed by atoms with van der Waals surface area (Å²) in [6.45, 7) is 0. The van der Waals surface area contributed by atoms with E-state index >= 15 is 0 Å². The van der Waals surface area contributed by atoms with Gasteiger partial charge in [0.1, 0.15) is 0 Å². The standard InChI is InChI=1S/C6H6NO2.Ca.2H/c8-7(9)6-4-2-1-3-5-6;;;/h1-5H,(H,8,9);;;/q+1;;;. The Hall–Kier alpha value is -0.120. The maximum absolute atomic E-state index is 10.1. The predicted molar refractivity (Wildman–Crippen MR) is 40.1 cm³/mol. The van der Waals surface area contributed by atoms with Crippen molar-refractivity contribution in [1.29, 1.82) is 0 Å². The van der Waals surface area contributed by atoms with E-state index in [1.54, 1.807) is 18.2 Å². The molecule has 3 nitrogen and oxygen atoms in total. The molecule has 0 heterocycles. The van der Waals surface area contributed by atoms with Crippen LogP contribution in [0.5, 0.6) is 0 Å². The molecule has 0 bridgehead atoms. The van der Waals surface area contributed by atoms with E-state index in [-0.39, 0.29) is 48.3 Å². The van der Waals surface area contributed by atoms with Crippen LogP contribution in [0.1, 0.15) is 0 Å². The summed E-state index contributed by atoms with van der Waals surface area (Å²) in [6.07, 6.45) is 0. The maximum atomic E-state index is 10.1. The average Bonchev–Trinajstić information content (AvgIpc) is 1.90. The van der Waals surface area contributed by atoms with Gasteiger partial charge in [0.2, 0.25) is 0 Å². The third-order valence-electron chi connectivity index (χ3n) is 0.977. The molecule has 0 spiro atoms. The van der Waals surface area contributed by atoms with Crippen LogP contribution < -0.4 is 0 Å². The van der Waals surface area contributed by atoms with Crippen molar-refractivity contribution >= 4 is 43.4 Å². The Labute approximate surface area is 88.2 Å². The molecule has 0 aromatic heterocycles. The molecule has 0 aliphatic rings. The van der Waals surface area contributed by atoms with Gasteiger partial charge in [-0.25, -0.2) is 5.21 Å². The molecule has 1 aromatic carbocycles. The van der Waals surface area contributed by atoms with Gasteiger partial charge in [-0.3, -0.25) is 0 Å². The molecule has 0 aliphatic heterocycles. The second-order valence-corrected chi connectivity index (χ2v) is 1.61. The number of nitrogens with zero attached hydrogens (tertiary/aromatic N) is 1. The molecule has 4 heteroatoms. The normalized spacial score (nSPS) is 8.00. The number of benzene rings is 1. The first-order valence-electron chi connectivity index (χ1n) is 2.52. The molecule has 50 valence electrons. The Morgan fingerprint density at radius 2 is 1.70 bits per heavy atom. The molecule has 1 rings (SSSR count). The Balaban J connectivity index is 0.000000810. The number of para-hydroxylation sites is 1. The Morgan fingerprint density at radius 1 is 1.20 bits per heavy atom. The molecule has 0 radical (unpaired) electrons. The van der Waals surface area contributed by atoms with Crippen LogP contribution in [0.2, 0.25) is 0 Å². The molecule has 0 saturated heterocycles. The fraction of sp³-hybridized carbons (Fsp3) is 0. The van der Waals surface area contributed by atoms with E-state index in [4.69, 9.17) is 5.21 Å². The summed E-state index contributed by atoms with van der Waals surface area (Å²) in [7, 11) is 0. The molecule has 1 N–H and O–H groups in total. The van der Waals surface area contributed by atoms with Gasteiger partial charge < -0.3 is 0 Å². The van der Waals surface area contributed by atoms with E-state index in [1.165, 1.54) is 12.1 Å². The van der Waals surface area contributed by atoms with Gasteiger partial charge in [0.05, 0.1) is 4.91 Å². The third-order valence-corrected chi connectivity index (χ3v) is 0.977. The fourth-order valence-electron chi connectivity index (χ4n) is 0.556. The van der Waals surface area contributed by atoms with Gasteiger partial charge in [-0.1, -0.05) is 18.2 Å². The quantitative estimate of drug-likeness (QED) is 0.489. The van der Waals surface area contributed by atoms with Gasteiger partial charge in [-0.2, -0.15) is 0 Å². The molecule has 0 amide bonds. The van der Waals surface area contributed by atoms with E-state index in [1.807, 2.05) is 0 Å². The summed E-state index contributed by atoms with van der Waals surface area (Å²) in [6, 6.07) is 8.17. The molecule has 0 atom stereocenters. The zero-order chi connectivity index (χ0) is 6.69. The van der Waals surface area contributed by atoms with E-state index in [0.717, 1.165) is 0 Å². The average molecular weight is 166 g/mol. The number of hydrogen-bond acceptors (Lipinski definition) is 1. The van der Waals surface area contributed by atoms with Crippen molar-refractivity contribution in [3.8, 4) is 0 Å². The molecule has 0 saturated carbocycles. The van der Waals surface area contributed by atoms with Crippen molar-refractivity contribution in [3.05, 3.63) is 35.2 Å². The van der Waals surface area contributed by atoms with E-state index in [0.29, 0.717) is 0 Å². The van der Waals surface area contributed by atoms with Crippen LogP contribution in [0.3, 0.4) is 0 Å². The minimum absolute atomic E-state index is 0. The summed E-state index contributed by atoms with van der Waals surface area (Å²) in [5.41, 5.74) is 0.248. The van der Waals surface area contributed by atoms with Gasteiger partial charge in [0, 0.05) is 12.1 Å². The molecule has 10 heavy (non-hydrogen) atoms. The van der Waals surface area contributed by atoms with Crippen molar-refractivity contribution in [1.82, 2.24) is 0 Å². The van der Waals surface area contributed by atoms with E-state index in [9.17, 15) is 4.91 Å². The monoisotopic (exact) mass is 166 g/mol. The first-order valence-corrected chi connectivity index (χ1v) is 2.52. The van der Waals surface area contributed by atoms with Crippen LogP contribution in [0.4, 0.5) is 5.69 Å². The topological polar surface area (TPSA) is 40.3 Å². The van der Waals surface area contributed by atoms with Crippen molar-refractivity contribution < 1.29 is 10.1 Å². The second-order valence-electron chi connectivity index (χ2n) is 1.61. The second kappa shape index (κ2) is 4.66. The predicted octanol–water partition coefficient (Wildman–Crippen LogP) is 0.570. The summed E-state index contributed by atoms with van der Waals surface area (Å²) in [4.78, 5) is 9.95. The van der Waals surface area contributed by atoms with Crippen molar-refractivity contribution in [2.24, 2.45) is 0 Å². The van der Waals surface area contributed by atoms with Crippen LogP contribution in [0, 0.1) is 4.91 Å². The molecule has 0 fully saturated rings. The van der Waals surface area contributed by atoms with Crippen LogP contribution in [-0.2, 0) is 0 Å². The first kappa shape index (κ1) is 9.88. The molecule has 0 unspecified atom stereocenters.